The molecule has 1 amide bonds. The van der Waals surface area contributed by atoms with E-state index in [-0.39, 0.29) is 11.9 Å². The number of likely N-dealkylation sites (N-methyl/N-ethyl adjacent to an activating group) is 1. The van der Waals surface area contributed by atoms with Crippen molar-refractivity contribution in [1.29, 1.82) is 0 Å². The Bertz CT molecular complexity index is 543. The van der Waals surface area contributed by atoms with Crippen molar-refractivity contribution < 1.29 is 17.4 Å². The smallest absolute Gasteiger partial charge is 0.265 e. The quantitative estimate of drug-likeness (QED) is 0.740. The predicted molar refractivity (Wildman–Crippen MR) is 64.1 cm³/mol. The van der Waals surface area contributed by atoms with Gasteiger partial charge < -0.3 is 4.90 Å². The number of aromatic nitrogens is 1. The first-order valence-corrected chi connectivity index (χ1v) is 7.25. The standard InChI is InChI=1S/C11H14N2O4S/c1-13-9(8-4-3-5-12-7-8)6-10(11(13)14)17-18(2,15)16/h3-5,7,9-10H,6H2,1-2H3/t9-,10+/m0/s1. The molecule has 1 aliphatic heterocycles. The lowest BCUT2D eigenvalue weighted by molar-refractivity contribution is -0.133. The number of carbonyl (C=O) groups excluding carboxylic acids is 1. The molecular weight excluding hydrogens is 256 g/mol. The molecule has 2 atom stereocenters. The van der Waals surface area contributed by atoms with Crippen molar-refractivity contribution >= 4 is 16.0 Å². The van der Waals surface area contributed by atoms with Crippen molar-refractivity contribution in [3.63, 3.8) is 0 Å². The van der Waals surface area contributed by atoms with Gasteiger partial charge in [-0.25, -0.2) is 0 Å². The Morgan fingerprint density at radius 3 is 2.78 bits per heavy atom. The monoisotopic (exact) mass is 270 g/mol. The molecule has 98 valence electrons. The Kier molecular flexibility index (Phi) is 3.36. The van der Waals surface area contributed by atoms with Crippen LogP contribution in [0, 0.1) is 0 Å². The van der Waals surface area contributed by atoms with Crippen molar-refractivity contribution in [3.05, 3.63) is 30.1 Å². The first-order chi connectivity index (χ1) is 8.38. The molecule has 0 bridgehead atoms. The summed E-state index contributed by atoms with van der Waals surface area (Å²) in [6, 6.07) is 3.43. The molecule has 0 N–H and O–H groups in total. The normalized spacial score (nSPS) is 24.6. The average molecular weight is 270 g/mol. The van der Waals surface area contributed by atoms with E-state index in [1.165, 1.54) is 4.90 Å². The van der Waals surface area contributed by atoms with Gasteiger partial charge in [-0.15, -0.1) is 0 Å². The number of nitrogens with zero attached hydrogens (tertiary/aromatic N) is 2. The Morgan fingerprint density at radius 1 is 1.50 bits per heavy atom. The average Bonchev–Trinajstić information content (AvgIpc) is 2.57. The molecule has 1 fully saturated rings. The van der Waals surface area contributed by atoms with Crippen LogP contribution in [0.5, 0.6) is 0 Å². The Labute approximate surface area is 106 Å². The molecule has 0 radical (unpaired) electrons. The van der Waals surface area contributed by atoms with Crippen molar-refractivity contribution in [2.75, 3.05) is 13.3 Å². The van der Waals surface area contributed by atoms with E-state index in [4.69, 9.17) is 4.18 Å². The zero-order valence-electron chi connectivity index (χ0n) is 10.1. The molecule has 1 saturated heterocycles. The first kappa shape index (κ1) is 13.0. The van der Waals surface area contributed by atoms with Crippen molar-refractivity contribution in [3.8, 4) is 0 Å². The summed E-state index contributed by atoms with van der Waals surface area (Å²) in [6.45, 7) is 0. The van der Waals surface area contributed by atoms with Gasteiger partial charge in [0.05, 0.1) is 12.3 Å². The Hall–Kier alpha value is -1.47. The zero-order valence-corrected chi connectivity index (χ0v) is 10.9. The van der Waals surface area contributed by atoms with Crippen LogP contribution in [0.25, 0.3) is 0 Å². The maximum Gasteiger partial charge on any atom is 0.265 e. The Balaban J connectivity index is 2.20. The van der Waals surface area contributed by atoms with Crippen LogP contribution in [0.1, 0.15) is 18.0 Å². The van der Waals surface area contributed by atoms with Crippen LogP contribution < -0.4 is 0 Å². The van der Waals surface area contributed by atoms with Gasteiger partial charge in [-0.1, -0.05) is 6.07 Å². The molecule has 1 aliphatic rings. The van der Waals surface area contributed by atoms with E-state index in [0.717, 1.165) is 11.8 Å². The maximum atomic E-state index is 11.9. The zero-order chi connectivity index (χ0) is 13.3. The number of hydrogen-bond donors (Lipinski definition) is 0. The van der Waals surface area contributed by atoms with E-state index in [2.05, 4.69) is 4.98 Å². The topological polar surface area (TPSA) is 76.6 Å². The van der Waals surface area contributed by atoms with Gasteiger partial charge in [-0.2, -0.15) is 8.42 Å². The molecular formula is C11H14N2O4S. The largest absolute Gasteiger partial charge is 0.336 e. The molecule has 0 saturated carbocycles. The highest BCUT2D eigenvalue weighted by molar-refractivity contribution is 7.86. The molecule has 0 spiro atoms. The third-order valence-corrected chi connectivity index (χ3v) is 3.47. The Morgan fingerprint density at radius 2 is 2.22 bits per heavy atom. The minimum absolute atomic E-state index is 0.196. The van der Waals surface area contributed by atoms with Gasteiger partial charge in [-0.3, -0.25) is 14.0 Å². The summed E-state index contributed by atoms with van der Waals surface area (Å²) in [6.07, 6.45) is 3.63. The minimum Gasteiger partial charge on any atom is -0.336 e. The molecule has 18 heavy (non-hydrogen) atoms. The number of rotatable bonds is 3. The van der Waals surface area contributed by atoms with Crippen molar-refractivity contribution in [2.24, 2.45) is 0 Å². The van der Waals surface area contributed by atoms with E-state index in [0.29, 0.717) is 6.42 Å². The van der Waals surface area contributed by atoms with E-state index in [1.807, 2.05) is 6.07 Å². The van der Waals surface area contributed by atoms with Gasteiger partial charge in [0.1, 0.15) is 0 Å². The van der Waals surface area contributed by atoms with Crippen LogP contribution in [0.3, 0.4) is 0 Å². The van der Waals surface area contributed by atoms with Gasteiger partial charge in [0.25, 0.3) is 16.0 Å². The fraction of sp³-hybridized carbons (Fsp3) is 0.455. The second-order valence-electron chi connectivity index (χ2n) is 4.28. The van der Waals surface area contributed by atoms with E-state index in [9.17, 15) is 13.2 Å². The second kappa shape index (κ2) is 4.66. The van der Waals surface area contributed by atoms with Crippen molar-refractivity contribution in [2.45, 2.75) is 18.6 Å². The third kappa shape index (κ3) is 2.68. The molecule has 0 aromatic carbocycles. The summed E-state index contributed by atoms with van der Waals surface area (Å²) in [5.41, 5.74) is 0.868. The SMILES string of the molecule is CN1C(=O)[C@H](OS(C)(=O)=O)C[C@H]1c1cccnc1. The third-order valence-electron chi connectivity index (χ3n) is 2.89. The van der Waals surface area contributed by atoms with E-state index in [1.54, 1.807) is 25.5 Å². The highest BCUT2D eigenvalue weighted by Crippen LogP contribution is 2.33. The van der Waals surface area contributed by atoms with Gasteiger partial charge in [-0.05, 0) is 11.6 Å². The molecule has 0 aliphatic carbocycles. The number of hydrogen-bond acceptors (Lipinski definition) is 5. The molecule has 1 aromatic heterocycles. The molecule has 6 nitrogen and oxygen atoms in total. The van der Waals surface area contributed by atoms with Crippen LogP contribution in [0.15, 0.2) is 24.5 Å². The number of amides is 1. The van der Waals surface area contributed by atoms with Crippen LogP contribution in [0.4, 0.5) is 0 Å². The highest BCUT2D eigenvalue weighted by atomic mass is 32.2. The predicted octanol–water partition coefficient (Wildman–Crippen LogP) is 0.330. The lowest BCUT2D eigenvalue weighted by Gasteiger charge is -2.18. The highest BCUT2D eigenvalue weighted by Gasteiger charge is 2.40. The summed E-state index contributed by atoms with van der Waals surface area (Å²) in [7, 11) is -2.00. The van der Waals surface area contributed by atoms with E-state index >= 15 is 0 Å². The fourth-order valence-electron chi connectivity index (χ4n) is 2.07. The molecule has 2 rings (SSSR count). The fourth-order valence-corrected chi connectivity index (χ4v) is 2.65. The lowest BCUT2D eigenvalue weighted by atomic mass is 10.1. The summed E-state index contributed by atoms with van der Waals surface area (Å²) < 4.78 is 26.9. The molecule has 7 heteroatoms. The summed E-state index contributed by atoms with van der Waals surface area (Å²) in [4.78, 5) is 17.4. The minimum atomic E-state index is -3.63. The maximum absolute atomic E-state index is 11.9. The van der Waals surface area contributed by atoms with E-state index < -0.39 is 16.2 Å². The van der Waals surface area contributed by atoms with Gasteiger partial charge in [0.15, 0.2) is 6.10 Å². The van der Waals surface area contributed by atoms with Crippen LogP contribution >= 0.6 is 0 Å². The summed E-state index contributed by atoms with van der Waals surface area (Å²) in [5, 5.41) is 0. The van der Waals surface area contributed by atoms with Crippen molar-refractivity contribution in [1.82, 2.24) is 9.88 Å². The van der Waals surface area contributed by atoms with Crippen LogP contribution in [0.2, 0.25) is 0 Å². The lowest BCUT2D eigenvalue weighted by Crippen LogP contribution is -2.29. The number of carbonyl (C=O) groups is 1. The second-order valence-corrected chi connectivity index (χ2v) is 5.88. The number of likely N-dealkylation sites (tertiary alicyclic amines) is 1. The van der Waals surface area contributed by atoms with Crippen LogP contribution in [-0.4, -0.2) is 43.6 Å². The summed E-state index contributed by atoms with van der Waals surface area (Å²) in [5.74, 6) is -0.325. The molecule has 2 heterocycles. The summed E-state index contributed by atoms with van der Waals surface area (Å²) >= 11 is 0. The number of pyridine rings is 1. The van der Waals surface area contributed by atoms with Crippen LogP contribution in [-0.2, 0) is 19.1 Å². The molecule has 0 unspecified atom stereocenters. The van der Waals surface area contributed by atoms with Gasteiger partial charge >= 0.3 is 0 Å². The molecule has 1 aromatic rings. The van der Waals surface area contributed by atoms with Gasteiger partial charge in [0, 0.05) is 25.9 Å². The first-order valence-electron chi connectivity index (χ1n) is 5.43. The van der Waals surface area contributed by atoms with Gasteiger partial charge in [0.2, 0.25) is 0 Å².